The van der Waals surface area contributed by atoms with Crippen molar-refractivity contribution >= 4 is 5.96 Å². The number of nitrogens with two attached hydrogens (primary N) is 1. The molecule has 2 rings (SSSR count). The van der Waals surface area contributed by atoms with Crippen LogP contribution in [0.4, 0.5) is 13.2 Å². The third kappa shape index (κ3) is 4.01. The molecular formula is C13H22F3N3O. The largest absolute Gasteiger partial charge is 0.391 e. The summed E-state index contributed by atoms with van der Waals surface area (Å²) in [6.07, 6.45) is -0.489. The summed E-state index contributed by atoms with van der Waals surface area (Å²) in [5, 5.41) is 13.3. The van der Waals surface area contributed by atoms with E-state index in [0.717, 1.165) is 19.3 Å². The number of aliphatic hydroxyl groups is 1. The van der Waals surface area contributed by atoms with Crippen LogP contribution < -0.4 is 11.1 Å². The lowest BCUT2D eigenvalue weighted by Gasteiger charge is -2.36. The van der Waals surface area contributed by atoms with Gasteiger partial charge in [-0.1, -0.05) is 0 Å². The van der Waals surface area contributed by atoms with Crippen molar-refractivity contribution in [1.29, 1.82) is 0 Å². The molecule has 0 aromatic carbocycles. The first-order chi connectivity index (χ1) is 9.28. The summed E-state index contributed by atoms with van der Waals surface area (Å²) < 4.78 is 38.2. The standard InChI is InChI=1S/C13H22F3N3O/c14-13(15,16)9-3-2-6-12(20,7-9)8-18-11(17)19-10-4-1-5-10/h9-10,20H,1-8H2,(H3,17,18,19). The van der Waals surface area contributed by atoms with Gasteiger partial charge in [0.1, 0.15) is 0 Å². The molecule has 2 unspecified atom stereocenters. The van der Waals surface area contributed by atoms with Crippen molar-refractivity contribution in [3.8, 4) is 0 Å². The van der Waals surface area contributed by atoms with Crippen LogP contribution >= 0.6 is 0 Å². The van der Waals surface area contributed by atoms with E-state index in [1.165, 1.54) is 0 Å². The highest BCUT2D eigenvalue weighted by Crippen LogP contribution is 2.41. The normalized spacial score (nSPS) is 32.8. The highest BCUT2D eigenvalue weighted by Gasteiger charge is 2.46. The molecule has 4 nitrogen and oxygen atoms in total. The first-order valence-electron chi connectivity index (χ1n) is 7.14. The van der Waals surface area contributed by atoms with E-state index >= 15 is 0 Å². The summed E-state index contributed by atoms with van der Waals surface area (Å²) in [6, 6.07) is 0.322. The molecule has 4 N–H and O–H groups in total. The first-order valence-corrected chi connectivity index (χ1v) is 7.14. The van der Waals surface area contributed by atoms with Crippen molar-refractivity contribution in [2.24, 2.45) is 16.6 Å². The Morgan fingerprint density at radius 1 is 1.30 bits per heavy atom. The molecule has 0 amide bonds. The average Bonchev–Trinajstić information content (AvgIpc) is 2.30. The molecule has 0 spiro atoms. The van der Waals surface area contributed by atoms with Crippen molar-refractivity contribution < 1.29 is 18.3 Å². The number of hydrogen-bond acceptors (Lipinski definition) is 2. The summed E-state index contributed by atoms with van der Waals surface area (Å²) in [5.74, 6) is -1.21. The van der Waals surface area contributed by atoms with Crippen LogP contribution in [0.25, 0.3) is 0 Å². The molecule has 0 aromatic rings. The van der Waals surface area contributed by atoms with Gasteiger partial charge >= 0.3 is 6.18 Å². The summed E-state index contributed by atoms with van der Waals surface area (Å²) in [7, 11) is 0. The number of nitrogens with zero attached hydrogens (tertiary/aromatic N) is 1. The second-order valence-corrected chi connectivity index (χ2v) is 6.03. The fourth-order valence-corrected chi connectivity index (χ4v) is 2.80. The number of aliphatic imine (C=N–C) groups is 1. The minimum atomic E-state index is -4.24. The van der Waals surface area contributed by atoms with Crippen LogP contribution in [0.2, 0.25) is 0 Å². The predicted octanol–water partition coefficient (Wildman–Crippen LogP) is 1.93. The number of rotatable bonds is 3. The van der Waals surface area contributed by atoms with Gasteiger partial charge in [-0.15, -0.1) is 0 Å². The molecule has 116 valence electrons. The molecule has 0 heterocycles. The molecule has 7 heteroatoms. The Labute approximate surface area is 116 Å². The Balaban J connectivity index is 1.87. The summed E-state index contributed by atoms with van der Waals surface area (Å²) in [4.78, 5) is 4.02. The highest BCUT2D eigenvalue weighted by atomic mass is 19.4. The van der Waals surface area contributed by atoms with Crippen LogP contribution in [-0.2, 0) is 0 Å². The quantitative estimate of drug-likeness (QED) is 0.550. The number of nitrogens with one attached hydrogen (secondary N) is 1. The lowest BCUT2D eigenvalue weighted by molar-refractivity contribution is -0.199. The SMILES string of the molecule is NC(=NCC1(O)CCCC(C(F)(F)F)C1)NC1CCC1. The van der Waals surface area contributed by atoms with E-state index < -0.39 is 17.7 Å². The topological polar surface area (TPSA) is 70.6 Å². The Kier molecular flexibility index (Phi) is 4.46. The minimum absolute atomic E-state index is 0.0644. The van der Waals surface area contributed by atoms with Crippen molar-refractivity contribution in [1.82, 2.24) is 5.32 Å². The van der Waals surface area contributed by atoms with Crippen molar-refractivity contribution in [3.63, 3.8) is 0 Å². The second kappa shape index (κ2) is 5.79. The summed E-state index contributed by atoms with van der Waals surface area (Å²) in [5.41, 5.74) is 4.30. The van der Waals surface area contributed by atoms with Gasteiger partial charge in [0.05, 0.1) is 18.1 Å². The second-order valence-electron chi connectivity index (χ2n) is 6.03. The zero-order valence-corrected chi connectivity index (χ0v) is 11.4. The monoisotopic (exact) mass is 293 g/mol. The Bertz CT molecular complexity index is 368. The van der Waals surface area contributed by atoms with E-state index in [1.807, 2.05) is 0 Å². The number of hydrogen-bond donors (Lipinski definition) is 3. The van der Waals surface area contributed by atoms with Crippen LogP contribution in [0.3, 0.4) is 0 Å². The van der Waals surface area contributed by atoms with E-state index in [2.05, 4.69) is 10.3 Å². The maximum atomic E-state index is 12.7. The van der Waals surface area contributed by atoms with Gasteiger partial charge in [0, 0.05) is 6.04 Å². The molecule has 2 aliphatic carbocycles. The zero-order valence-electron chi connectivity index (χ0n) is 11.4. The minimum Gasteiger partial charge on any atom is -0.388 e. The molecule has 0 aliphatic heterocycles. The molecule has 2 saturated carbocycles. The number of guanidine groups is 1. The fourth-order valence-electron chi connectivity index (χ4n) is 2.80. The zero-order chi connectivity index (χ0) is 14.8. The summed E-state index contributed by atoms with van der Waals surface area (Å²) in [6.45, 7) is -0.0644. The van der Waals surface area contributed by atoms with E-state index in [9.17, 15) is 18.3 Å². The van der Waals surface area contributed by atoms with Gasteiger partial charge < -0.3 is 16.2 Å². The van der Waals surface area contributed by atoms with Gasteiger partial charge in [0.15, 0.2) is 5.96 Å². The van der Waals surface area contributed by atoms with Crippen molar-refractivity contribution in [3.05, 3.63) is 0 Å². The van der Waals surface area contributed by atoms with Gasteiger partial charge in [-0.05, 0) is 44.9 Å². The van der Waals surface area contributed by atoms with Crippen LogP contribution in [-0.4, -0.2) is 35.4 Å². The molecule has 0 radical (unpaired) electrons. The van der Waals surface area contributed by atoms with Crippen LogP contribution in [0.15, 0.2) is 4.99 Å². The van der Waals surface area contributed by atoms with Gasteiger partial charge in [0.2, 0.25) is 0 Å². The molecule has 0 saturated heterocycles. The molecule has 0 aromatic heterocycles. The highest BCUT2D eigenvalue weighted by molar-refractivity contribution is 5.78. The van der Waals surface area contributed by atoms with Crippen LogP contribution in [0, 0.1) is 5.92 Å². The fraction of sp³-hybridized carbons (Fsp3) is 0.923. The van der Waals surface area contributed by atoms with Gasteiger partial charge in [-0.25, -0.2) is 0 Å². The smallest absolute Gasteiger partial charge is 0.388 e. The molecule has 2 aliphatic rings. The third-order valence-electron chi connectivity index (χ3n) is 4.28. The Hall–Kier alpha value is -0.980. The summed E-state index contributed by atoms with van der Waals surface area (Å²) >= 11 is 0. The van der Waals surface area contributed by atoms with Crippen molar-refractivity contribution in [2.75, 3.05) is 6.54 Å². The van der Waals surface area contributed by atoms with Crippen LogP contribution in [0.1, 0.15) is 44.9 Å². The number of halogens is 3. The van der Waals surface area contributed by atoms with E-state index in [0.29, 0.717) is 18.9 Å². The Morgan fingerprint density at radius 2 is 2.00 bits per heavy atom. The Morgan fingerprint density at radius 3 is 2.55 bits per heavy atom. The predicted molar refractivity (Wildman–Crippen MR) is 70.2 cm³/mol. The van der Waals surface area contributed by atoms with E-state index in [4.69, 9.17) is 5.73 Å². The maximum Gasteiger partial charge on any atom is 0.391 e. The maximum absolute atomic E-state index is 12.7. The van der Waals surface area contributed by atoms with Crippen molar-refractivity contribution in [2.45, 2.75) is 62.8 Å². The van der Waals surface area contributed by atoms with E-state index in [-0.39, 0.29) is 25.3 Å². The van der Waals surface area contributed by atoms with Gasteiger partial charge in [-0.3, -0.25) is 4.99 Å². The van der Waals surface area contributed by atoms with E-state index in [1.54, 1.807) is 0 Å². The lowest BCUT2D eigenvalue weighted by atomic mass is 9.78. The van der Waals surface area contributed by atoms with Gasteiger partial charge in [0.25, 0.3) is 0 Å². The average molecular weight is 293 g/mol. The molecule has 0 bridgehead atoms. The third-order valence-corrected chi connectivity index (χ3v) is 4.28. The first kappa shape index (κ1) is 15.4. The molecule has 2 fully saturated rings. The number of alkyl halides is 3. The van der Waals surface area contributed by atoms with Crippen LogP contribution in [0.5, 0.6) is 0 Å². The lowest BCUT2D eigenvalue weighted by Crippen LogP contribution is -2.46. The molecule has 20 heavy (non-hydrogen) atoms. The van der Waals surface area contributed by atoms with Gasteiger partial charge in [-0.2, -0.15) is 13.2 Å². The molecular weight excluding hydrogens is 271 g/mol. The molecule has 2 atom stereocenters.